The topological polar surface area (TPSA) is 169 Å². The number of nitrogens with one attached hydrogen (secondary N) is 2. The number of aromatic amines is 1. The number of carbonyl (C=O) groups excluding carboxylic acids is 1. The van der Waals surface area contributed by atoms with Crippen LogP contribution in [0.3, 0.4) is 0 Å². The highest BCUT2D eigenvalue weighted by molar-refractivity contribution is 9.10. The summed E-state index contributed by atoms with van der Waals surface area (Å²) in [6.07, 6.45) is 2.66. The summed E-state index contributed by atoms with van der Waals surface area (Å²) in [4.78, 5) is 40.2. The van der Waals surface area contributed by atoms with Crippen molar-refractivity contribution in [3.05, 3.63) is 73.4 Å². The van der Waals surface area contributed by atoms with Crippen molar-refractivity contribution >= 4 is 57.0 Å². The molecule has 0 aliphatic heterocycles. The average molecular weight is 703 g/mol. The summed E-state index contributed by atoms with van der Waals surface area (Å²) < 4.78 is 21.2. The van der Waals surface area contributed by atoms with Crippen LogP contribution >= 0.6 is 39.1 Å². The van der Waals surface area contributed by atoms with Gasteiger partial charge in [-0.2, -0.15) is 5.26 Å². The minimum absolute atomic E-state index is 0.0324. The molecule has 3 rings (SSSR count). The van der Waals surface area contributed by atoms with Gasteiger partial charge < -0.3 is 30.2 Å². The molecule has 1 aromatic heterocycles. The molecule has 43 heavy (non-hydrogen) atoms. The second kappa shape index (κ2) is 18.8. The number of halogens is 4. The van der Waals surface area contributed by atoms with Crippen molar-refractivity contribution in [3.8, 4) is 17.6 Å². The monoisotopic (exact) mass is 701 g/mol. The zero-order valence-corrected chi connectivity index (χ0v) is 26.9. The molecule has 0 aliphatic carbocycles. The van der Waals surface area contributed by atoms with E-state index in [1.807, 2.05) is 20.2 Å². The van der Waals surface area contributed by atoms with Crippen LogP contribution in [-0.2, 0) is 22.6 Å². The molecule has 0 fully saturated rings. The van der Waals surface area contributed by atoms with Gasteiger partial charge in [0, 0.05) is 37.4 Å². The van der Waals surface area contributed by atoms with E-state index in [4.69, 9.17) is 53.0 Å². The third-order valence-electron chi connectivity index (χ3n) is 4.98. The second-order valence-corrected chi connectivity index (χ2v) is 10.7. The number of hydrogen-bond donors (Lipinski definition) is 4. The molecule has 1 amide bonds. The Bertz CT molecular complexity index is 1440. The van der Waals surface area contributed by atoms with Crippen LogP contribution in [0.1, 0.15) is 54.1 Å². The van der Waals surface area contributed by atoms with Crippen LogP contribution in [0, 0.1) is 17.1 Å². The van der Waals surface area contributed by atoms with Crippen LogP contribution in [0.4, 0.5) is 4.39 Å². The number of aliphatic carboxylic acids is 2. The molecular formula is C28H31BrCl2FN5O6. The summed E-state index contributed by atoms with van der Waals surface area (Å²) in [7, 11) is 4.04. The zero-order valence-electron chi connectivity index (χ0n) is 23.8. The lowest BCUT2D eigenvalue weighted by Gasteiger charge is -2.13. The number of nitriles is 1. The molecule has 0 spiro atoms. The van der Waals surface area contributed by atoms with Crippen LogP contribution in [0.25, 0.3) is 0 Å². The maximum absolute atomic E-state index is 15.2. The van der Waals surface area contributed by atoms with Crippen LogP contribution in [-0.4, -0.2) is 63.6 Å². The van der Waals surface area contributed by atoms with Gasteiger partial charge in [-0.15, -0.1) is 0 Å². The number of hydrogen-bond acceptors (Lipinski definition) is 7. The smallest absolute Gasteiger partial charge is 0.300 e. The summed E-state index contributed by atoms with van der Waals surface area (Å²) in [5, 5.41) is 26.9. The number of aryl methyl sites for hydroxylation is 1. The Kier molecular flexibility index (Phi) is 16.3. The number of nitrogens with zero attached hydrogens (tertiary/aromatic N) is 3. The first-order valence-electron chi connectivity index (χ1n) is 12.6. The standard InChI is InChI=1S/C24H23BrCl2FN5O2.2C2H4O2/c1-33(2)8-4-3-5-19-31-21(23(25)32-19)24(34)30-13-15-6-7-18(27)22(20(15)28)35-17-10-14(12-29)9-16(26)11-17;2*1-2(3)4/h6-7,9-11H,3-5,8,13H2,1-2H3,(H,30,34)(H,31,32);2*1H3,(H,3,4). The summed E-state index contributed by atoms with van der Waals surface area (Å²) in [6, 6.07) is 9.20. The van der Waals surface area contributed by atoms with E-state index >= 15 is 4.39 Å². The Morgan fingerprint density at radius 1 is 1.14 bits per heavy atom. The molecule has 0 aliphatic rings. The number of ether oxygens (including phenoxy) is 1. The second-order valence-electron chi connectivity index (χ2n) is 9.07. The molecule has 0 unspecified atom stereocenters. The van der Waals surface area contributed by atoms with Gasteiger partial charge in [-0.05, 0) is 73.7 Å². The van der Waals surface area contributed by atoms with Crippen molar-refractivity contribution in [2.24, 2.45) is 0 Å². The van der Waals surface area contributed by atoms with Gasteiger partial charge in [-0.25, -0.2) is 9.37 Å². The first-order chi connectivity index (χ1) is 20.1. The maximum Gasteiger partial charge on any atom is 0.300 e. The predicted molar refractivity (Wildman–Crippen MR) is 163 cm³/mol. The molecule has 0 radical (unpaired) electrons. The molecule has 3 aromatic rings. The van der Waals surface area contributed by atoms with Gasteiger partial charge in [-0.1, -0.05) is 29.3 Å². The Hall–Kier alpha value is -3.70. The lowest BCUT2D eigenvalue weighted by atomic mass is 10.2. The molecule has 0 bridgehead atoms. The van der Waals surface area contributed by atoms with Crippen molar-refractivity contribution in [1.82, 2.24) is 20.2 Å². The Morgan fingerprint density at radius 2 is 1.77 bits per heavy atom. The van der Waals surface area contributed by atoms with Gasteiger partial charge in [-0.3, -0.25) is 14.4 Å². The van der Waals surface area contributed by atoms with Gasteiger partial charge >= 0.3 is 0 Å². The number of carbonyl (C=O) groups is 3. The van der Waals surface area contributed by atoms with E-state index in [1.165, 1.54) is 30.3 Å². The number of imidazole rings is 1. The first-order valence-corrected chi connectivity index (χ1v) is 14.1. The molecule has 0 saturated heterocycles. The minimum atomic E-state index is -0.833. The number of amides is 1. The predicted octanol–water partition coefficient (Wildman–Crippen LogP) is 6.28. The van der Waals surface area contributed by atoms with Crippen molar-refractivity contribution < 1.29 is 33.7 Å². The fourth-order valence-corrected chi connectivity index (χ4v) is 4.16. The number of unbranched alkanes of at least 4 members (excludes halogenated alkanes) is 1. The van der Waals surface area contributed by atoms with Crippen LogP contribution in [0.2, 0.25) is 10.0 Å². The van der Waals surface area contributed by atoms with Crippen molar-refractivity contribution in [3.63, 3.8) is 0 Å². The first kappa shape index (κ1) is 37.3. The van der Waals surface area contributed by atoms with Crippen molar-refractivity contribution in [1.29, 1.82) is 5.26 Å². The van der Waals surface area contributed by atoms with Gasteiger partial charge in [0.15, 0.2) is 17.3 Å². The lowest BCUT2D eigenvalue weighted by Crippen LogP contribution is -2.24. The summed E-state index contributed by atoms with van der Waals surface area (Å²) in [6.45, 7) is 3.03. The van der Waals surface area contributed by atoms with E-state index < -0.39 is 23.7 Å². The Morgan fingerprint density at radius 3 is 2.35 bits per heavy atom. The van der Waals surface area contributed by atoms with Gasteiger partial charge in [0.25, 0.3) is 17.8 Å². The van der Waals surface area contributed by atoms with E-state index in [0.717, 1.165) is 33.2 Å². The molecule has 232 valence electrons. The van der Waals surface area contributed by atoms with Crippen molar-refractivity contribution in [2.45, 2.75) is 39.7 Å². The Labute approximate surface area is 266 Å². The van der Waals surface area contributed by atoms with E-state index in [9.17, 15) is 4.79 Å². The van der Waals surface area contributed by atoms with Crippen LogP contribution in [0.5, 0.6) is 11.5 Å². The van der Waals surface area contributed by atoms with Crippen LogP contribution < -0.4 is 10.1 Å². The molecule has 2 aromatic carbocycles. The normalized spacial score (nSPS) is 10.0. The van der Waals surface area contributed by atoms with Gasteiger partial charge in [0.05, 0.1) is 16.7 Å². The Balaban J connectivity index is 0.00000103. The summed E-state index contributed by atoms with van der Waals surface area (Å²) in [5.74, 6) is -2.23. The number of aromatic nitrogens is 2. The SMILES string of the molecule is CC(=O)O.CC(=O)O.CN(C)CCCCc1nc(C(=O)NCc2ccc(Cl)c(Oc3cc(Cl)cc(C#N)c3)c2F)c(Br)[nH]1. The highest BCUT2D eigenvalue weighted by Crippen LogP contribution is 2.35. The molecule has 0 atom stereocenters. The third-order valence-corrected chi connectivity index (χ3v) is 6.07. The highest BCUT2D eigenvalue weighted by Gasteiger charge is 2.19. The van der Waals surface area contributed by atoms with Crippen LogP contribution in [0.15, 0.2) is 34.9 Å². The molecular weight excluding hydrogens is 672 g/mol. The van der Waals surface area contributed by atoms with E-state index in [-0.39, 0.29) is 44.9 Å². The van der Waals surface area contributed by atoms with E-state index in [0.29, 0.717) is 16.8 Å². The molecule has 11 nitrogen and oxygen atoms in total. The average Bonchev–Trinajstić information content (AvgIpc) is 3.27. The van der Waals surface area contributed by atoms with E-state index in [2.05, 4.69) is 36.1 Å². The van der Waals surface area contributed by atoms with E-state index in [1.54, 1.807) is 0 Å². The number of carboxylic acid groups (broad SMARTS) is 2. The number of carboxylic acids is 2. The van der Waals surface area contributed by atoms with Gasteiger partial charge in [0.1, 0.15) is 16.2 Å². The summed E-state index contributed by atoms with van der Waals surface area (Å²) >= 11 is 15.5. The zero-order chi connectivity index (χ0) is 32.7. The number of benzene rings is 2. The number of H-pyrrole nitrogens is 1. The number of rotatable bonds is 10. The largest absolute Gasteiger partial charge is 0.481 e. The summed E-state index contributed by atoms with van der Waals surface area (Å²) in [5.41, 5.74) is 0.617. The molecule has 0 saturated carbocycles. The maximum atomic E-state index is 15.2. The molecule has 4 N–H and O–H groups in total. The molecule has 15 heteroatoms. The highest BCUT2D eigenvalue weighted by atomic mass is 79.9. The lowest BCUT2D eigenvalue weighted by molar-refractivity contribution is -0.135. The molecule has 1 heterocycles. The third kappa shape index (κ3) is 14.4. The fourth-order valence-electron chi connectivity index (χ4n) is 3.25. The van der Waals surface area contributed by atoms with Gasteiger partial charge in [0.2, 0.25) is 0 Å². The quantitative estimate of drug-likeness (QED) is 0.178. The minimum Gasteiger partial charge on any atom is -0.481 e. The van der Waals surface area contributed by atoms with Crippen molar-refractivity contribution in [2.75, 3.05) is 20.6 Å². The fraction of sp³-hybridized carbons (Fsp3) is 0.321.